The number of nitrogens with one attached hydrogen (secondary N) is 1. The molecule has 34 heavy (non-hydrogen) atoms. The smallest absolute Gasteiger partial charge is 0.106 e. The predicted molar refractivity (Wildman–Crippen MR) is 140 cm³/mol. The minimum atomic E-state index is -1.22. The second kappa shape index (κ2) is 11.4. The number of nitrogens with zero attached hydrogens (tertiary/aromatic N) is 3. The molecule has 1 N–H and O–H groups in total. The Morgan fingerprint density at radius 2 is 1.79 bits per heavy atom. The van der Waals surface area contributed by atoms with Crippen molar-refractivity contribution < 1.29 is 8.95 Å². The summed E-state index contributed by atoms with van der Waals surface area (Å²) in [6.07, 6.45) is 1.83. The van der Waals surface area contributed by atoms with Gasteiger partial charge in [-0.3, -0.25) is 4.98 Å². The van der Waals surface area contributed by atoms with Crippen LogP contribution in [0, 0.1) is 6.92 Å². The minimum absolute atomic E-state index is 0.175. The van der Waals surface area contributed by atoms with Gasteiger partial charge in [-0.25, -0.2) is 13.9 Å². The first kappa shape index (κ1) is 26.3. The van der Waals surface area contributed by atoms with Crippen molar-refractivity contribution in [3.05, 3.63) is 71.4 Å². The molecule has 184 valence electrons. The molecule has 0 aliphatic carbocycles. The molecule has 1 unspecified atom stereocenters. The molecule has 0 bridgehead atoms. The summed E-state index contributed by atoms with van der Waals surface area (Å²) >= 11 is 0. The van der Waals surface area contributed by atoms with Gasteiger partial charge in [-0.15, -0.1) is 0 Å². The minimum Gasteiger partial charge on any atom is -0.375 e. The van der Waals surface area contributed by atoms with Crippen molar-refractivity contribution in [3.8, 4) is 11.3 Å². The lowest BCUT2D eigenvalue weighted by molar-refractivity contribution is 0.112. The van der Waals surface area contributed by atoms with Crippen LogP contribution in [0.2, 0.25) is 0 Å². The third-order valence-electron chi connectivity index (χ3n) is 5.66. The van der Waals surface area contributed by atoms with Gasteiger partial charge in [0.25, 0.3) is 0 Å². The summed E-state index contributed by atoms with van der Waals surface area (Å²) in [5.41, 5.74) is 5.09. The van der Waals surface area contributed by atoms with Crippen LogP contribution < -0.4 is 4.72 Å². The molecule has 0 aliphatic rings. The zero-order valence-electron chi connectivity index (χ0n) is 21.5. The number of aryl methyl sites for hydroxylation is 1. The van der Waals surface area contributed by atoms with Gasteiger partial charge in [-0.2, -0.15) is 0 Å². The van der Waals surface area contributed by atoms with E-state index in [4.69, 9.17) is 9.72 Å². The molecule has 3 rings (SSSR count). The Morgan fingerprint density at radius 1 is 1.09 bits per heavy atom. The lowest BCUT2D eigenvalue weighted by Gasteiger charge is -2.24. The largest absolute Gasteiger partial charge is 0.375 e. The number of imidazole rings is 1. The lowest BCUT2D eigenvalue weighted by atomic mass is 9.99. The zero-order valence-corrected chi connectivity index (χ0v) is 22.3. The van der Waals surface area contributed by atoms with Crippen molar-refractivity contribution in [2.24, 2.45) is 0 Å². The molecule has 6 nitrogen and oxygen atoms in total. The van der Waals surface area contributed by atoms with Gasteiger partial charge in [0, 0.05) is 18.3 Å². The summed E-state index contributed by atoms with van der Waals surface area (Å²) in [5.74, 6) is 1.16. The third kappa shape index (κ3) is 6.40. The normalized spacial score (nSPS) is 13.9. The van der Waals surface area contributed by atoms with Gasteiger partial charge in [0.1, 0.15) is 5.82 Å². The van der Waals surface area contributed by atoms with Gasteiger partial charge < -0.3 is 9.30 Å². The van der Waals surface area contributed by atoms with Gasteiger partial charge in [-0.1, -0.05) is 44.2 Å². The maximum Gasteiger partial charge on any atom is 0.106 e. The Kier molecular flexibility index (Phi) is 8.79. The Bertz CT molecular complexity index is 1100. The van der Waals surface area contributed by atoms with Gasteiger partial charge in [0.05, 0.1) is 52.1 Å². The van der Waals surface area contributed by atoms with Crippen LogP contribution in [0.5, 0.6) is 0 Å². The Hall–Kier alpha value is -2.35. The first-order chi connectivity index (χ1) is 16.1. The number of ether oxygens (including phenoxy) is 1. The topological polar surface area (TPSA) is 69.0 Å². The number of pyridine rings is 1. The summed E-state index contributed by atoms with van der Waals surface area (Å²) < 4.78 is 24.1. The molecule has 2 aromatic heterocycles. The van der Waals surface area contributed by atoms with Crippen molar-refractivity contribution in [2.75, 3.05) is 6.61 Å². The molecule has 0 radical (unpaired) electrons. The van der Waals surface area contributed by atoms with Gasteiger partial charge in [-0.05, 0) is 58.2 Å². The second-order valence-electron chi connectivity index (χ2n) is 9.89. The number of hydrogen-bond acceptors (Lipinski definition) is 4. The highest BCUT2D eigenvalue weighted by Gasteiger charge is 2.28. The maximum absolute atomic E-state index is 12.9. The molecular weight excluding hydrogens is 444 g/mol. The Balaban J connectivity index is 1.94. The first-order valence-electron chi connectivity index (χ1n) is 11.9. The van der Waals surface area contributed by atoms with Gasteiger partial charge in [0.15, 0.2) is 0 Å². The van der Waals surface area contributed by atoms with Crippen molar-refractivity contribution in [2.45, 2.75) is 78.3 Å². The van der Waals surface area contributed by atoms with Crippen molar-refractivity contribution >= 4 is 11.0 Å². The fraction of sp³-hybridized carbons (Fsp3) is 0.481. The summed E-state index contributed by atoms with van der Waals surface area (Å²) in [6, 6.07) is 14.0. The van der Waals surface area contributed by atoms with Crippen LogP contribution in [-0.4, -0.2) is 30.1 Å². The summed E-state index contributed by atoms with van der Waals surface area (Å²) in [7, 11) is -1.22. The molecule has 3 aromatic rings. The average molecular weight is 483 g/mol. The van der Waals surface area contributed by atoms with E-state index in [1.54, 1.807) is 0 Å². The van der Waals surface area contributed by atoms with Crippen molar-refractivity contribution in [3.63, 3.8) is 0 Å². The van der Waals surface area contributed by atoms with Crippen LogP contribution in [-0.2, 0) is 28.9 Å². The molecule has 7 heteroatoms. The van der Waals surface area contributed by atoms with E-state index in [0.717, 1.165) is 34.0 Å². The average Bonchev–Trinajstić information content (AvgIpc) is 3.12. The molecule has 0 saturated heterocycles. The van der Waals surface area contributed by atoms with E-state index in [0.29, 0.717) is 19.8 Å². The molecule has 0 amide bonds. The van der Waals surface area contributed by atoms with Gasteiger partial charge in [0.2, 0.25) is 0 Å². The van der Waals surface area contributed by atoms with E-state index < -0.39 is 11.0 Å². The standard InChI is InChI=1S/C27H38N4O2S/c1-19(2)24-23(14-11-15-28-24)25-26(20(3)30-34(32)27(5,6)7)31(21(4)29-25)16-17-33-18-22-12-9-8-10-13-22/h8-15,19-20,30H,16-18H2,1-7H3/t20-,34?/m1/s1. The van der Waals surface area contributed by atoms with Crippen LogP contribution in [0.1, 0.15) is 76.3 Å². The molecule has 1 aromatic carbocycles. The zero-order chi connectivity index (χ0) is 24.9. The summed E-state index contributed by atoms with van der Waals surface area (Å²) in [4.78, 5) is 9.63. The fourth-order valence-corrected chi connectivity index (χ4v) is 4.68. The molecular formula is C27H38N4O2S. The highest BCUT2D eigenvalue weighted by molar-refractivity contribution is 7.84. The van der Waals surface area contributed by atoms with E-state index in [2.05, 4.69) is 53.2 Å². The highest BCUT2D eigenvalue weighted by Crippen LogP contribution is 2.33. The van der Waals surface area contributed by atoms with Gasteiger partial charge >= 0.3 is 0 Å². The monoisotopic (exact) mass is 482 g/mol. The van der Waals surface area contributed by atoms with Crippen LogP contribution in [0.15, 0.2) is 48.7 Å². The number of benzene rings is 1. The van der Waals surface area contributed by atoms with Crippen LogP contribution in [0.3, 0.4) is 0 Å². The SMILES string of the molecule is Cc1nc(-c2cccnc2C(C)C)c([C@@H](C)NS(=O)C(C)(C)C)n1CCOCc1ccccc1. The lowest BCUT2D eigenvalue weighted by Crippen LogP contribution is -2.35. The Labute approximate surface area is 206 Å². The summed E-state index contributed by atoms with van der Waals surface area (Å²) in [6.45, 7) is 16.1. The Morgan fingerprint density at radius 3 is 2.44 bits per heavy atom. The fourth-order valence-electron chi connectivity index (χ4n) is 3.89. The second-order valence-corrected chi connectivity index (χ2v) is 11.9. The van der Waals surface area contributed by atoms with E-state index in [9.17, 15) is 4.21 Å². The predicted octanol–water partition coefficient (Wildman–Crippen LogP) is 5.71. The van der Waals surface area contributed by atoms with E-state index in [1.807, 2.05) is 58.2 Å². The third-order valence-corrected chi connectivity index (χ3v) is 7.34. The molecule has 2 atom stereocenters. The van der Waals surface area contributed by atoms with E-state index in [-0.39, 0.29) is 16.7 Å². The highest BCUT2D eigenvalue weighted by atomic mass is 32.2. The molecule has 0 aliphatic heterocycles. The van der Waals surface area contributed by atoms with Crippen molar-refractivity contribution in [1.29, 1.82) is 0 Å². The molecule has 0 saturated carbocycles. The number of rotatable bonds is 10. The number of hydrogen-bond donors (Lipinski definition) is 1. The molecule has 2 heterocycles. The van der Waals surface area contributed by atoms with Crippen LogP contribution in [0.4, 0.5) is 0 Å². The van der Waals surface area contributed by atoms with Crippen LogP contribution in [0.25, 0.3) is 11.3 Å². The maximum atomic E-state index is 12.9. The quantitative estimate of drug-likeness (QED) is 0.376. The van der Waals surface area contributed by atoms with E-state index in [1.165, 1.54) is 0 Å². The van der Waals surface area contributed by atoms with Crippen LogP contribution >= 0.6 is 0 Å². The van der Waals surface area contributed by atoms with Crippen molar-refractivity contribution in [1.82, 2.24) is 19.3 Å². The summed E-state index contributed by atoms with van der Waals surface area (Å²) in [5, 5.41) is 0. The molecule has 0 spiro atoms. The first-order valence-corrected chi connectivity index (χ1v) is 13.1. The number of aromatic nitrogens is 3. The molecule has 0 fully saturated rings. The van der Waals surface area contributed by atoms with E-state index >= 15 is 0 Å².